The maximum Gasteiger partial charge on any atom is 0.573 e. The molecule has 0 radical (unpaired) electrons. The highest BCUT2D eigenvalue weighted by Gasteiger charge is 2.34. The Hall–Kier alpha value is -1.65. The number of halogens is 3. The van der Waals surface area contributed by atoms with Gasteiger partial charge in [-0.15, -0.1) is 13.2 Å². The van der Waals surface area contributed by atoms with E-state index in [-0.39, 0.29) is 17.6 Å². The van der Waals surface area contributed by atoms with E-state index in [2.05, 4.69) is 10.8 Å². The summed E-state index contributed by atoms with van der Waals surface area (Å²) in [5.41, 5.74) is 1.23. The Morgan fingerprint density at radius 3 is 2.28 bits per heavy atom. The van der Waals surface area contributed by atoms with Crippen LogP contribution in [0.3, 0.4) is 0 Å². The third kappa shape index (κ3) is 4.93. The van der Waals surface area contributed by atoms with Gasteiger partial charge in [-0.05, 0) is 63.0 Å². The number of hydrogen-bond donors (Lipinski definition) is 0. The molecule has 0 spiro atoms. The molecule has 0 amide bonds. The van der Waals surface area contributed by atoms with Gasteiger partial charge in [-0.1, -0.05) is 31.1 Å². The van der Waals surface area contributed by atoms with Gasteiger partial charge in [0.2, 0.25) is 0 Å². The van der Waals surface area contributed by atoms with Crippen molar-refractivity contribution in [2.45, 2.75) is 70.8 Å². The number of benzene rings is 1. The second-order valence-electron chi connectivity index (χ2n) is 7.08. The third-order valence-corrected chi connectivity index (χ3v) is 5.17. The fourth-order valence-corrected chi connectivity index (χ4v) is 3.77. The molecule has 2 aliphatic rings. The topological polar surface area (TPSA) is 18.5 Å². The van der Waals surface area contributed by atoms with Gasteiger partial charge in [-0.2, -0.15) is 0 Å². The molecular formula is C20H25F3O2. The van der Waals surface area contributed by atoms with Gasteiger partial charge < -0.3 is 9.47 Å². The van der Waals surface area contributed by atoms with Crippen molar-refractivity contribution in [2.24, 2.45) is 5.92 Å². The minimum absolute atomic E-state index is 0.0186. The monoisotopic (exact) mass is 354 g/mol. The van der Waals surface area contributed by atoms with Crippen molar-refractivity contribution < 1.29 is 22.6 Å². The summed E-state index contributed by atoms with van der Waals surface area (Å²) in [6.45, 7) is 1.66. The molecule has 1 aromatic rings. The predicted octanol–water partition coefficient (Wildman–Crippen LogP) is 6.42. The Bertz CT molecular complexity index is 610. The molecule has 0 unspecified atom stereocenters. The molecule has 0 N–H and O–H groups in total. The molecule has 138 valence electrons. The van der Waals surface area contributed by atoms with Crippen LogP contribution in [0.2, 0.25) is 0 Å². The van der Waals surface area contributed by atoms with E-state index in [1.807, 2.05) is 12.1 Å². The molecule has 2 fully saturated rings. The molecule has 0 bridgehead atoms. The third-order valence-electron chi connectivity index (χ3n) is 5.17. The van der Waals surface area contributed by atoms with Crippen LogP contribution in [0.5, 0.6) is 11.5 Å². The smallest absolute Gasteiger partial charge is 0.487 e. The Labute approximate surface area is 147 Å². The zero-order valence-corrected chi connectivity index (χ0v) is 14.6. The average Bonchev–Trinajstić information content (AvgIpc) is 3.22. The summed E-state index contributed by atoms with van der Waals surface area (Å²) in [5, 5.41) is 0. The van der Waals surface area contributed by atoms with Crippen LogP contribution >= 0.6 is 0 Å². The average molecular weight is 354 g/mol. The lowest BCUT2D eigenvalue weighted by atomic mass is 10.0. The van der Waals surface area contributed by atoms with E-state index < -0.39 is 6.36 Å². The molecule has 2 saturated carbocycles. The quantitative estimate of drug-likeness (QED) is 0.607. The van der Waals surface area contributed by atoms with E-state index in [0.717, 1.165) is 44.1 Å². The van der Waals surface area contributed by atoms with Crippen molar-refractivity contribution >= 4 is 6.08 Å². The van der Waals surface area contributed by atoms with Gasteiger partial charge in [0.15, 0.2) is 11.5 Å². The van der Waals surface area contributed by atoms with Gasteiger partial charge >= 0.3 is 6.36 Å². The summed E-state index contributed by atoms with van der Waals surface area (Å²) in [7, 11) is 0. The van der Waals surface area contributed by atoms with Gasteiger partial charge in [0, 0.05) is 5.56 Å². The van der Waals surface area contributed by atoms with E-state index >= 15 is 0 Å². The number of allylic oxidation sites excluding steroid dienone is 1. The van der Waals surface area contributed by atoms with Crippen LogP contribution < -0.4 is 9.47 Å². The Morgan fingerprint density at radius 2 is 1.64 bits per heavy atom. The summed E-state index contributed by atoms with van der Waals surface area (Å²) in [6, 6.07) is 3.44. The minimum atomic E-state index is -4.73. The number of hydrogen-bond acceptors (Lipinski definition) is 2. The highest BCUT2D eigenvalue weighted by Crippen LogP contribution is 2.39. The van der Waals surface area contributed by atoms with Crippen LogP contribution in [0.1, 0.15) is 62.5 Å². The SMILES string of the molecule is Cc1c(/C=C/C2CCCC2)ccc(OC2CCCC2)c1OC(F)(F)F. The molecule has 0 aromatic heterocycles. The standard InChI is InChI=1S/C20H25F3O2/c1-14-16(11-10-15-6-2-3-7-15)12-13-18(19(14)25-20(21,22)23)24-17-8-4-5-9-17/h10-13,15,17H,2-9H2,1H3/b11-10+. The minimum Gasteiger partial charge on any atom is -0.487 e. The number of rotatable bonds is 5. The zero-order chi connectivity index (χ0) is 17.9. The Morgan fingerprint density at radius 1 is 1.00 bits per heavy atom. The van der Waals surface area contributed by atoms with Crippen molar-refractivity contribution in [3.05, 3.63) is 29.3 Å². The summed E-state index contributed by atoms with van der Waals surface area (Å²) in [5.74, 6) is 0.522. The maximum atomic E-state index is 12.9. The lowest BCUT2D eigenvalue weighted by molar-refractivity contribution is -0.275. The second kappa shape index (κ2) is 7.71. The second-order valence-corrected chi connectivity index (χ2v) is 7.08. The lowest BCUT2D eigenvalue weighted by Gasteiger charge is -2.20. The Kier molecular flexibility index (Phi) is 5.60. The molecule has 5 heteroatoms. The van der Waals surface area contributed by atoms with E-state index in [9.17, 15) is 13.2 Å². The zero-order valence-electron chi connectivity index (χ0n) is 14.6. The fraction of sp³-hybridized carbons (Fsp3) is 0.600. The molecule has 2 aliphatic carbocycles. The van der Waals surface area contributed by atoms with Crippen LogP contribution in [0.15, 0.2) is 18.2 Å². The van der Waals surface area contributed by atoms with Crippen molar-refractivity contribution in [2.75, 3.05) is 0 Å². The van der Waals surface area contributed by atoms with Crippen molar-refractivity contribution in [3.8, 4) is 11.5 Å². The number of alkyl halides is 3. The summed E-state index contributed by atoms with van der Waals surface area (Å²) in [6.07, 6.45) is 7.94. The highest BCUT2D eigenvalue weighted by atomic mass is 19.4. The first-order chi connectivity index (χ1) is 11.9. The first kappa shape index (κ1) is 18.2. The van der Waals surface area contributed by atoms with Crippen molar-refractivity contribution in [3.63, 3.8) is 0 Å². The van der Waals surface area contributed by atoms with Crippen LogP contribution in [-0.4, -0.2) is 12.5 Å². The molecule has 25 heavy (non-hydrogen) atoms. The van der Waals surface area contributed by atoms with Gasteiger partial charge in [-0.25, -0.2) is 0 Å². The van der Waals surface area contributed by atoms with E-state index in [1.54, 1.807) is 13.0 Å². The first-order valence-corrected chi connectivity index (χ1v) is 9.16. The van der Waals surface area contributed by atoms with Crippen LogP contribution in [0.4, 0.5) is 13.2 Å². The van der Waals surface area contributed by atoms with Crippen molar-refractivity contribution in [1.82, 2.24) is 0 Å². The van der Waals surface area contributed by atoms with Gasteiger partial charge in [-0.3, -0.25) is 0 Å². The molecular weight excluding hydrogens is 329 g/mol. The van der Waals surface area contributed by atoms with Crippen LogP contribution in [0, 0.1) is 12.8 Å². The van der Waals surface area contributed by atoms with Crippen LogP contribution in [0.25, 0.3) is 6.08 Å². The van der Waals surface area contributed by atoms with Gasteiger partial charge in [0.1, 0.15) is 0 Å². The molecule has 0 heterocycles. The van der Waals surface area contributed by atoms with Gasteiger partial charge in [0.25, 0.3) is 0 Å². The summed E-state index contributed by atoms with van der Waals surface area (Å²) >= 11 is 0. The van der Waals surface area contributed by atoms with Crippen LogP contribution in [-0.2, 0) is 0 Å². The molecule has 0 aliphatic heterocycles. The van der Waals surface area contributed by atoms with Crippen molar-refractivity contribution in [1.29, 1.82) is 0 Å². The molecule has 0 atom stereocenters. The predicted molar refractivity (Wildman–Crippen MR) is 91.7 cm³/mol. The first-order valence-electron chi connectivity index (χ1n) is 9.16. The molecule has 1 aromatic carbocycles. The Balaban J connectivity index is 1.85. The largest absolute Gasteiger partial charge is 0.573 e. The van der Waals surface area contributed by atoms with E-state index in [1.165, 1.54) is 12.8 Å². The maximum absolute atomic E-state index is 12.9. The molecule has 2 nitrogen and oxygen atoms in total. The van der Waals surface area contributed by atoms with Gasteiger partial charge in [0.05, 0.1) is 6.10 Å². The van der Waals surface area contributed by atoms with E-state index in [0.29, 0.717) is 11.5 Å². The summed E-state index contributed by atoms with van der Waals surface area (Å²) < 4.78 is 48.8. The normalized spacial score (nSPS) is 19.8. The highest BCUT2D eigenvalue weighted by molar-refractivity contribution is 5.62. The van der Waals surface area contributed by atoms with E-state index in [4.69, 9.17) is 4.74 Å². The molecule has 0 saturated heterocycles. The summed E-state index contributed by atoms with van der Waals surface area (Å²) in [4.78, 5) is 0. The number of ether oxygens (including phenoxy) is 2. The lowest BCUT2D eigenvalue weighted by Crippen LogP contribution is -2.20. The molecule has 3 rings (SSSR count). The fourth-order valence-electron chi connectivity index (χ4n) is 3.77.